The Morgan fingerprint density at radius 1 is 0.848 bits per heavy atom. The van der Waals surface area contributed by atoms with Crippen LogP contribution in [0.1, 0.15) is 76.7 Å². The van der Waals surface area contributed by atoms with Crippen molar-refractivity contribution < 1.29 is 9.18 Å². The zero-order chi connectivity index (χ0) is 23.3. The molecule has 0 unspecified atom stereocenters. The first-order valence-corrected chi connectivity index (χ1v) is 13.1. The summed E-state index contributed by atoms with van der Waals surface area (Å²) >= 11 is 1.40. The van der Waals surface area contributed by atoms with Crippen molar-refractivity contribution >= 4 is 34.6 Å². The Labute approximate surface area is 202 Å². The number of thioether (sulfide) groups is 1. The Bertz CT molecular complexity index is 925. The summed E-state index contributed by atoms with van der Waals surface area (Å²) in [6, 6.07) is 15.9. The van der Waals surface area contributed by atoms with Crippen LogP contribution in [-0.2, 0) is 4.79 Å². The molecule has 0 N–H and O–H groups in total. The zero-order valence-electron chi connectivity index (χ0n) is 19.6. The van der Waals surface area contributed by atoms with E-state index in [2.05, 4.69) is 11.9 Å². The summed E-state index contributed by atoms with van der Waals surface area (Å²) in [6.45, 7) is 2.91. The van der Waals surface area contributed by atoms with Crippen LogP contribution in [0.4, 0.5) is 10.1 Å². The van der Waals surface area contributed by atoms with Crippen molar-refractivity contribution in [3.63, 3.8) is 0 Å². The number of halogens is 1. The lowest BCUT2D eigenvalue weighted by atomic mass is 10.1. The monoisotopic (exact) mass is 466 g/mol. The average molecular weight is 467 g/mol. The number of hydrogen-bond donors (Lipinski definition) is 0. The first-order valence-electron chi connectivity index (χ1n) is 12.3. The number of carbonyl (C=O) groups is 1. The predicted octanol–water partition coefficient (Wildman–Crippen LogP) is 8.35. The molecule has 33 heavy (non-hydrogen) atoms. The van der Waals surface area contributed by atoms with Gasteiger partial charge < -0.3 is 0 Å². The van der Waals surface area contributed by atoms with Crippen LogP contribution in [0.25, 0.3) is 6.08 Å². The molecule has 1 saturated heterocycles. The number of rotatable bonds is 13. The standard InChI is InChI=1S/C28H35FN2OS/c1-2-3-4-5-6-7-8-9-10-14-21-31-27(32)26(22-23-15-12-11-13-16-23)33-28(31)30-25-19-17-24(29)18-20-25/h11-13,15-20,22H,2-10,14,21H2,1H3. The zero-order valence-corrected chi connectivity index (χ0v) is 20.5. The van der Waals surface area contributed by atoms with E-state index < -0.39 is 0 Å². The van der Waals surface area contributed by atoms with Gasteiger partial charge in [-0.05, 0) is 54.1 Å². The van der Waals surface area contributed by atoms with Crippen LogP contribution in [0.2, 0.25) is 0 Å². The number of hydrogen-bond acceptors (Lipinski definition) is 3. The maximum atomic E-state index is 13.3. The second kappa shape index (κ2) is 14.0. The highest BCUT2D eigenvalue weighted by Crippen LogP contribution is 2.34. The van der Waals surface area contributed by atoms with Crippen molar-refractivity contribution in [3.8, 4) is 0 Å². The Morgan fingerprint density at radius 2 is 1.45 bits per heavy atom. The number of carbonyl (C=O) groups excluding carboxylic acids is 1. The van der Waals surface area contributed by atoms with Crippen molar-refractivity contribution in [1.82, 2.24) is 4.90 Å². The van der Waals surface area contributed by atoms with Gasteiger partial charge in [-0.1, -0.05) is 95.0 Å². The largest absolute Gasteiger partial charge is 0.286 e. The lowest BCUT2D eigenvalue weighted by molar-refractivity contribution is -0.122. The Kier molecular flexibility index (Phi) is 10.7. The minimum absolute atomic E-state index is 0.000592. The molecule has 0 atom stereocenters. The summed E-state index contributed by atoms with van der Waals surface area (Å²) in [5.74, 6) is -0.290. The van der Waals surface area contributed by atoms with Crippen molar-refractivity contribution in [1.29, 1.82) is 0 Å². The summed E-state index contributed by atoms with van der Waals surface area (Å²) in [5.41, 5.74) is 1.65. The average Bonchev–Trinajstić information content (AvgIpc) is 3.11. The van der Waals surface area contributed by atoms with E-state index in [1.165, 1.54) is 75.3 Å². The highest BCUT2D eigenvalue weighted by molar-refractivity contribution is 8.18. The van der Waals surface area contributed by atoms with Gasteiger partial charge in [-0.25, -0.2) is 9.38 Å². The molecule has 1 fully saturated rings. The van der Waals surface area contributed by atoms with Gasteiger partial charge in [-0.2, -0.15) is 0 Å². The van der Waals surface area contributed by atoms with Crippen LogP contribution < -0.4 is 0 Å². The number of aliphatic imine (C=N–C) groups is 1. The van der Waals surface area contributed by atoms with Gasteiger partial charge in [0, 0.05) is 6.54 Å². The summed E-state index contributed by atoms with van der Waals surface area (Å²) in [4.78, 5) is 20.3. The minimum atomic E-state index is -0.291. The van der Waals surface area contributed by atoms with Gasteiger partial charge in [-0.15, -0.1) is 0 Å². The van der Waals surface area contributed by atoms with Gasteiger partial charge in [0.15, 0.2) is 5.17 Å². The maximum Gasteiger partial charge on any atom is 0.266 e. The van der Waals surface area contributed by atoms with Crippen molar-refractivity contribution in [3.05, 3.63) is 70.9 Å². The maximum absolute atomic E-state index is 13.3. The Hall–Kier alpha value is -2.40. The quantitative estimate of drug-likeness (QED) is 0.219. The number of unbranched alkanes of at least 4 members (excludes halogenated alkanes) is 9. The molecule has 0 saturated carbocycles. The molecular formula is C28H35FN2OS. The molecular weight excluding hydrogens is 431 g/mol. The molecule has 2 aromatic rings. The van der Waals surface area contributed by atoms with E-state index in [4.69, 9.17) is 0 Å². The first-order chi connectivity index (χ1) is 16.2. The molecule has 2 aromatic carbocycles. The molecule has 1 amide bonds. The van der Waals surface area contributed by atoms with Crippen LogP contribution in [0, 0.1) is 5.82 Å². The second-order valence-corrected chi connectivity index (χ2v) is 9.54. The van der Waals surface area contributed by atoms with E-state index in [0.29, 0.717) is 22.3 Å². The highest BCUT2D eigenvalue weighted by Gasteiger charge is 2.32. The molecule has 1 heterocycles. The Morgan fingerprint density at radius 3 is 2.09 bits per heavy atom. The SMILES string of the molecule is CCCCCCCCCCCCN1C(=O)C(=Cc2ccccc2)SC1=Nc1ccc(F)cc1. The first kappa shape index (κ1) is 25.2. The van der Waals surface area contributed by atoms with Crippen molar-refractivity contribution in [2.75, 3.05) is 6.54 Å². The fourth-order valence-electron chi connectivity index (χ4n) is 3.87. The van der Waals surface area contributed by atoms with E-state index in [9.17, 15) is 9.18 Å². The summed E-state index contributed by atoms with van der Waals surface area (Å²) < 4.78 is 13.3. The third-order valence-corrected chi connectivity index (χ3v) is 6.78. The molecule has 0 spiro atoms. The van der Waals surface area contributed by atoms with Crippen molar-refractivity contribution in [2.24, 2.45) is 4.99 Å². The van der Waals surface area contributed by atoms with E-state index in [1.807, 2.05) is 36.4 Å². The fraction of sp³-hybridized carbons (Fsp3) is 0.429. The van der Waals surface area contributed by atoms with Gasteiger partial charge in [0.05, 0.1) is 10.6 Å². The molecule has 1 aliphatic heterocycles. The third kappa shape index (κ3) is 8.47. The molecule has 3 rings (SSSR count). The van der Waals surface area contributed by atoms with Gasteiger partial charge >= 0.3 is 0 Å². The second-order valence-electron chi connectivity index (χ2n) is 8.53. The van der Waals surface area contributed by atoms with E-state index in [0.717, 1.165) is 18.4 Å². The number of amidine groups is 1. The van der Waals surface area contributed by atoms with Gasteiger partial charge in [-0.3, -0.25) is 9.69 Å². The van der Waals surface area contributed by atoms with Gasteiger partial charge in [0.2, 0.25) is 0 Å². The highest BCUT2D eigenvalue weighted by atomic mass is 32.2. The minimum Gasteiger partial charge on any atom is -0.286 e. The smallest absolute Gasteiger partial charge is 0.266 e. The van der Waals surface area contributed by atoms with Crippen LogP contribution in [-0.4, -0.2) is 22.5 Å². The van der Waals surface area contributed by atoms with E-state index in [1.54, 1.807) is 17.0 Å². The van der Waals surface area contributed by atoms with Crippen LogP contribution in [0.15, 0.2) is 64.5 Å². The normalized spacial score (nSPS) is 16.3. The molecule has 1 aliphatic rings. The molecule has 0 aromatic heterocycles. The van der Waals surface area contributed by atoms with E-state index in [-0.39, 0.29) is 11.7 Å². The number of amides is 1. The molecule has 176 valence electrons. The summed E-state index contributed by atoms with van der Waals surface area (Å²) in [6.07, 6.45) is 14.5. The topological polar surface area (TPSA) is 32.7 Å². The molecule has 0 aliphatic carbocycles. The number of benzene rings is 2. The van der Waals surface area contributed by atoms with Crippen LogP contribution in [0.3, 0.4) is 0 Å². The lowest BCUT2D eigenvalue weighted by Gasteiger charge is -2.15. The summed E-state index contributed by atoms with van der Waals surface area (Å²) in [5, 5.41) is 0.671. The third-order valence-electron chi connectivity index (χ3n) is 5.77. The van der Waals surface area contributed by atoms with Gasteiger partial charge in [0.1, 0.15) is 5.82 Å². The van der Waals surface area contributed by atoms with Gasteiger partial charge in [0.25, 0.3) is 5.91 Å². The van der Waals surface area contributed by atoms with E-state index >= 15 is 0 Å². The molecule has 0 bridgehead atoms. The summed E-state index contributed by atoms with van der Waals surface area (Å²) in [7, 11) is 0. The molecule has 0 radical (unpaired) electrons. The lowest BCUT2D eigenvalue weighted by Crippen LogP contribution is -2.30. The molecule has 3 nitrogen and oxygen atoms in total. The predicted molar refractivity (Wildman–Crippen MR) is 139 cm³/mol. The van der Waals surface area contributed by atoms with Crippen molar-refractivity contribution in [2.45, 2.75) is 71.1 Å². The van der Waals surface area contributed by atoms with Crippen LogP contribution in [0.5, 0.6) is 0 Å². The number of nitrogens with zero attached hydrogens (tertiary/aromatic N) is 2. The van der Waals surface area contributed by atoms with Crippen LogP contribution >= 0.6 is 11.8 Å². The Balaban J connectivity index is 1.57. The fourth-order valence-corrected chi connectivity index (χ4v) is 4.90. The molecule has 5 heteroatoms.